The lowest BCUT2D eigenvalue weighted by molar-refractivity contribution is 0.0686. The van der Waals surface area contributed by atoms with E-state index >= 15 is 0 Å². The van der Waals surface area contributed by atoms with Crippen molar-refractivity contribution < 1.29 is 14.7 Å². The van der Waals surface area contributed by atoms with E-state index in [4.69, 9.17) is 5.11 Å². The lowest BCUT2D eigenvalue weighted by Gasteiger charge is -2.03. The van der Waals surface area contributed by atoms with Crippen molar-refractivity contribution in [3.8, 4) is 0 Å². The molecule has 1 amide bonds. The number of anilines is 1. The summed E-state index contributed by atoms with van der Waals surface area (Å²) in [6.45, 7) is 0. The molecule has 0 fully saturated rings. The Kier molecular flexibility index (Phi) is 3.38. The molecule has 2 heterocycles. The normalized spacial score (nSPS) is 10.1. The highest BCUT2D eigenvalue weighted by Crippen LogP contribution is 2.12. The van der Waals surface area contributed by atoms with Crippen molar-refractivity contribution >= 4 is 33.5 Å². The molecule has 18 heavy (non-hydrogen) atoms. The summed E-state index contributed by atoms with van der Waals surface area (Å²) in [6.07, 6.45) is 2.59. The van der Waals surface area contributed by atoms with Crippen LogP contribution in [0.1, 0.15) is 21.0 Å². The van der Waals surface area contributed by atoms with Crippen LogP contribution in [-0.4, -0.2) is 31.9 Å². The summed E-state index contributed by atoms with van der Waals surface area (Å²) in [4.78, 5) is 32.6. The zero-order chi connectivity index (χ0) is 13.1. The molecule has 92 valence electrons. The fourth-order valence-electron chi connectivity index (χ4n) is 1.27. The molecule has 0 saturated carbocycles. The first kappa shape index (κ1) is 12.2. The summed E-state index contributed by atoms with van der Waals surface area (Å²) in [5.74, 6) is -1.86. The smallest absolute Gasteiger partial charge is 0.354 e. The average Bonchev–Trinajstić information content (AvgIpc) is 2.81. The first-order valence-corrected chi connectivity index (χ1v) is 5.57. The second-order valence-corrected chi connectivity index (χ2v) is 4.07. The van der Waals surface area contributed by atoms with E-state index in [1.54, 1.807) is 12.1 Å². The van der Waals surface area contributed by atoms with Gasteiger partial charge >= 0.3 is 5.97 Å². The van der Waals surface area contributed by atoms with Crippen molar-refractivity contribution in [1.29, 1.82) is 0 Å². The Morgan fingerprint density at radius 3 is 2.72 bits per heavy atom. The second-order valence-electron chi connectivity index (χ2n) is 3.26. The predicted octanol–water partition coefficient (Wildman–Crippen LogP) is 1.52. The van der Waals surface area contributed by atoms with Gasteiger partial charge in [0.15, 0.2) is 11.4 Å². The van der Waals surface area contributed by atoms with Gasteiger partial charge in [0.25, 0.3) is 5.91 Å². The van der Waals surface area contributed by atoms with Gasteiger partial charge in [0, 0.05) is 0 Å². The van der Waals surface area contributed by atoms with Crippen LogP contribution in [0, 0.1) is 0 Å². The third-order valence-electron chi connectivity index (χ3n) is 2.05. The molecular formula is C10H7BrN4O3. The van der Waals surface area contributed by atoms with Crippen LogP contribution in [0.15, 0.2) is 29.3 Å². The number of rotatable bonds is 3. The number of carboxylic acids is 1. The van der Waals surface area contributed by atoms with E-state index in [2.05, 4.69) is 36.2 Å². The zero-order valence-corrected chi connectivity index (χ0v) is 10.4. The molecule has 2 aromatic heterocycles. The highest BCUT2D eigenvalue weighted by molar-refractivity contribution is 9.10. The van der Waals surface area contributed by atoms with E-state index in [0.29, 0.717) is 10.3 Å². The molecule has 0 bridgehead atoms. The highest BCUT2D eigenvalue weighted by Gasteiger charge is 2.19. The van der Waals surface area contributed by atoms with Crippen molar-refractivity contribution in [2.75, 3.05) is 5.32 Å². The average molecular weight is 311 g/mol. The molecule has 7 nitrogen and oxygen atoms in total. The minimum absolute atomic E-state index is 0.176. The minimum atomic E-state index is -1.24. The molecule has 0 unspecified atom stereocenters. The van der Waals surface area contributed by atoms with Crippen LogP contribution in [0.25, 0.3) is 0 Å². The van der Waals surface area contributed by atoms with Crippen LogP contribution >= 0.6 is 15.9 Å². The lowest BCUT2D eigenvalue weighted by atomic mass is 10.3. The number of imidazole rings is 1. The standard InChI is InChI=1S/C10H7BrN4O3/c11-6-2-1-5(3-12-6)15-9(16)7-8(10(17)18)14-4-13-7/h1-4H,(H,13,14)(H,15,16)(H,17,18). The Bertz CT molecular complexity index is 593. The minimum Gasteiger partial charge on any atom is -0.477 e. The summed E-state index contributed by atoms with van der Waals surface area (Å²) in [7, 11) is 0. The fourth-order valence-corrected chi connectivity index (χ4v) is 1.50. The first-order chi connectivity index (χ1) is 8.58. The number of carbonyl (C=O) groups excluding carboxylic acids is 1. The summed E-state index contributed by atoms with van der Waals surface area (Å²) >= 11 is 3.16. The van der Waals surface area contributed by atoms with E-state index in [-0.39, 0.29) is 11.4 Å². The number of H-pyrrole nitrogens is 1. The molecule has 8 heteroatoms. The number of carbonyl (C=O) groups is 2. The monoisotopic (exact) mass is 310 g/mol. The Morgan fingerprint density at radius 2 is 2.11 bits per heavy atom. The zero-order valence-electron chi connectivity index (χ0n) is 8.85. The summed E-state index contributed by atoms with van der Waals surface area (Å²) < 4.78 is 0.631. The largest absolute Gasteiger partial charge is 0.477 e. The number of carboxylic acid groups (broad SMARTS) is 1. The van der Waals surface area contributed by atoms with Crippen molar-refractivity contribution in [1.82, 2.24) is 15.0 Å². The van der Waals surface area contributed by atoms with Gasteiger partial charge in [0.1, 0.15) is 4.60 Å². The van der Waals surface area contributed by atoms with Gasteiger partial charge in [-0.05, 0) is 28.1 Å². The van der Waals surface area contributed by atoms with Gasteiger partial charge in [-0.3, -0.25) is 4.79 Å². The Hall–Kier alpha value is -2.22. The number of halogens is 1. The third-order valence-corrected chi connectivity index (χ3v) is 2.52. The van der Waals surface area contributed by atoms with Crippen molar-refractivity contribution in [2.45, 2.75) is 0 Å². The predicted molar refractivity (Wildman–Crippen MR) is 65.4 cm³/mol. The van der Waals surface area contributed by atoms with Crippen LogP contribution in [0.2, 0.25) is 0 Å². The molecule has 0 aliphatic rings. The number of hydrogen-bond donors (Lipinski definition) is 3. The quantitative estimate of drug-likeness (QED) is 0.745. The fraction of sp³-hybridized carbons (Fsp3) is 0. The second kappa shape index (κ2) is 4.96. The van der Waals surface area contributed by atoms with Crippen LogP contribution < -0.4 is 5.32 Å². The van der Waals surface area contributed by atoms with Gasteiger partial charge in [-0.25, -0.2) is 14.8 Å². The number of aromatic carboxylic acids is 1. The maximum Gasteiger partial charge on any atom is 0.354 e. The van der Waals surface area contributed by atoms with Crippen molar-refractivity contribution in [2.24, 2.45) is 0 Å². The SMILES string of the molecule is O=C(Nc1ccc(Br)nc1)c1nc[nH]c1C(=O)O. The maximum atomic E-state index is 11.8. The Morgan fingerprint density at radius 1 is 1.33 bits per heavy atom. The number of pyridine rings is 1. The van der Waals surface area contributed by atoms with Crippen molar-refractivity contribution in [3.63, 3.8) is 0 Å². The number of hydrogen-bond acceptors (Lipinski definition) is 4. The van der Waals surface area contributed by atoms with Crippen LogP contribution in [0.5, 0.6) is 0 Å². The lowest BCUT2D eigenvalue weighted by Crippen LogP contribution is -2.16. The van der Waals surface area contributed by atoms with Gasteiger partial charge < -0.3 is 15.4 Å². The third kappa shape index (κ3) is 2.54. The summed E-state index contributed by atoms with van der Waals surface area (Å²) in [5.41, 5.74) is 0.0190. The molecule has 2 aromatic rings. The molecule has 0 aliphatic heterocycles. The number of aromatic amines is 1. The maximum absolute atomic E-state index is 11.8. The van der Waals surface area contributed by atoms with Gasteiger partial charge in [-0.1, -0.05) is 0 Å². The van der Waals surface area contributed by atoms with E-state index in [9.17, 15) is 9.59 Å². The highest BCUT2D eigenvalue weighted by atomic mass is 79.9. The van der Waals surface area contributed by atoms with Gasteiger partial charge in [-0.2, -0.15) is 0 Å². The number of amides is 1. The molecule has 0 radical (unpaired) electrons. The topological polar surface area (TPSA) is 108 Å². The number of nitrogens with one attached hydrogen (secondary N) is 2. The van der Waals surface area contributed by atoms with Gasteiger partial charge in [0.05, 0.1) is 18.2 Å². The number of aromatic nitrogens is 3. The van der Waals surface area contributed by atoms with Crippen LogP contribution in [0.3, 0.4) is 0 Å². The van der Waals surface area contributed by atoms with E-state index < -0.39 is 11.9 Å². The first-order valence-electron chi connectivity index (χ1n) is 4.77. The summed E-state index contributed by atoms with van der Waals surface area (Å²) in [6, 6.07) is 3.28. The Balaban J connectivity index is 2.19. The molecule has 0 saturated heterocycles. The number of nitrogens with zero attached hydrogens (tertiary/aromatic N) is 2. The van der Waals surface area contributed by atoms with Gasteiger partial charge in [0.2, 0.25) is 0 Å². The van der Waals surface area contributed by atoms with Crippen LogP contribution in [0.4, 0.5) is 5.69 Å². The van der Waals surface area contributed by atoms with Crippen molar-refractivity contribution in [3.05, 3.63) is 40.6 Å². The molecule has 0 aromatic carbocycles. The van der Waals surface area contributed by atoms with Crippen LogP contribution in [-0.2, 0) is 0 Å². The van der Waals surface area contributed by atoms with E-state index in [0.717, 1.165) is 6.33 Å². The molecule has 2 rings (SSSR count). The van der Waals surface area contributed by atoms with E-state index in [1.807, 2.05) is 0 Å². The Labute approximate surface area is 109 Å². The van der Waals surface area contributed by atoms with Gasteiger partial charge in [-0.15, -0.1) is 0 Å². The van der Waals surface area contributed by atoms with E-state index in [1.165, 1.54) is 6.20 Å². The summed E-state index contributed by atoms with van der Waals surface area (Å²) in [5, 5.41) is 11.3. The molecule has 0 aliphatic carbocycles. The molecule has 0 atom stereocenters. The molecule has 0 spiro atoms. The molecular weight excluding hydrogens is 304 g/mol. The molecule has 3 N–H and O–H groups in total.